The van der Waals surface area contributed by atoms with Gasteiger partial charge in [0.05, 0.1) is 16.8 Å². The molecule has 0 spiro atoms. The molecule has 20 heavy (non-hydrogen) atoms. The second kappa shape index (κ2) is 5.40. The van der Waals surface area contributed by atoms with Crippen LogP contribution in [0.3, 0.4) is 0 Å². The maximum atomic E-state index is 6.09. The van der Waals surface area contributed by atoms with E-state index in [2.05, 4.69) is 22.4 Å². The average Bonchev–Trinajstić information content (AvgIpc) is 3.14. The first kappa shape index (κ1) is 13.4. The fourth-order valence-electron chi connectivity index (χ4n) is 2.53. The van der Waals surface area contributed by atoms with E-state index < -0.39 is 0 Å². The average molecular weight is 292 g/mol. The largest absolute Gasteiger partial charge is 0.397 e. The lowest BCUT2D eigenvalue weighted by atomic mass is 10.1. The number of aromatic nitrogens is 4. The number of hydrogen-bond acceptors (Lipinski definition) is 4. The van der Waals surface area contributed by atoms with Crippen LogP contribution in [0.4, 0.5) is 5.69 Å². The summed E-state index contributed by atoms with van der Waals surface area (Å²) in [6, 6.07) is 5.88. The van der Waals surface area contributed by atoms with Gasteiger partial charge in [0.1, 0.15) is 0 Å². The van der Waals surface area contributed by atoms with Crippen molar-refractivity contribution in [2.24, 2.45) is 5.92 Å². The van der Waals surface area contributed by atoms with Crippen LogP contribution in [-0.2, 0) is 0 Å². The molecule has 6 heteroatoms. The Morgan fingerprint density at radius 1 is 1.45 bits per heavy atom. The number of para-hydroxylation sites is 1. The maximum absolute atomic E-state index is 6.09. The smallest absolute Gasteiger partial charge is 0.184 e. The molecule has 1 heterocycles. The van der Waals surface area contributed by atoms with E-state index in [0.29, 0.717) is 22.6 Å². The molecule has 0 aliphatic heterocycles. The molecule has 0 radical (unpaired) electrons. The molecule has 1 aliphatic carbocycles. The summed E-state index contributed by atoms with van der Waals surface area (Å²) < 4.78 is 1.90. The van der Waals surface area contributed by atoms with Gasteiger partial charge in [0, 0.05) is 5.56 Å². The lowest BCUT2D eigenvalue weighted by molar-refractivity contribution is 0.389. The third kappa shape index (κ3) is 2.50. The zero-order valence-corrected chi connectivity index (χ0v) is 12.2. The molecule has 1 aromatic heterocycles. The van der Waals surface area contributed by atoms with Crippen molar-refractivity contribution in [1.29, 1.82) is 0 Å². The van der Waals surface area contributed by atoms with Crippen LogP contribution >= 0.6 is 11.6 Å². The molecule has 0 saturated heterocycles. The van der Waals surface area contributed by atoms with Gasteiger partial charge in [0.2, 0.25) is 0 Å². The minimum Gasteiger partial charge on any atom is -0.397 e. The van der Waals surface area contributed by atoms with E-state index in [4.69, 9.17) is 17.3 Å². The predicted octanol–water partition coefficient (Wildman–Crippen LogP) is 3.33. The van der Waals surface area contributed by atoms with Gasteiger partial charge in [-0.2, -0.15) is 0 Å². The van der Waals surface area contributed by atoms with Crippen LogP contribution in [0.1, 0.15) is 38.6 Å². The highest BCUT2D eigenvalue weighted by atomic mass is 35.5. The summed E-state index contributed by atoms with van der Waals surface area (Å²) in [6.07, 6.45) is 4.80. The van der Waals surface area contributed by atoms with E-state index in [0.717, 1.165) is 24.3 Å². The Morgan fingerprint density at radius 2 is 2.25 bits per heavy atom. The fourth-order valence-corrected chi connectivity index (χ4v) is 2.70. The van der Waals surface area contributed by atoms with Crippen molar-refractivity contribution in [1.82, 2.24) is 20.2 Å². The number of halogens is 1. The Labute approximate surface area is 123 Å². The van der Waals surface area contributed by atoms with Gasteiger partial charge in [-0.25, -0.2) is 4.68 Å². The quantitative estimate of drug-likeness (QED) is 0.858. The summed E-state index contributed by atoms with van der Waals surface area (Å²) in [5.74, 6) is 1.53. The molecule has 1 unspecified atom stereocenters. The number of nitrogen functional groups attached to an aromatic ring is 1. The van der Waals surface area contributed by atoms with Crippen LogP contribution in [0, 0.1) is 5.92 Å². The van der Waals surface area contributed by atoms with Crippen molar-refractivity contribution in [3.05, 3.63) is 23.2 Å². The Hall–Kier alpha value is -1.62. The van der Waals surface area contributed by atoms with Crippen molar-refractivity contribution in [3.63, 3.8) is 0 Å². The second-order valence-corrected chi connectivity index (χ2v) is 5.80. The summed E-state index contributed by atoms with van der Waals surface area (Å²) >= 11 is 6.09. The van der Waals surface area contributed by atoms with E-state index in [1.807, 2.05) is 16.8 Å². The Balaban J connectivity index is 1.98. The standard InChI is InChI=1S/C14H18ClN5/c1-2-10(8-9-6-7-9)20-14(17-18-19-20)11-4-3-5-12(15)13(11)16/h3-5,9-10H,2,6-8,16H2,1H3. The highest BCUT2D eigenvalue weighted by molar-refractivity contribution is 6.33. The Morgan fingerprint density at radius 3 is 2.95 bits per heavy atom. The van der Waals surface area contributed by atoms with Crippen LogP contribution < -0.4 is 5.73 Å². The molecule has 3 rings (SSSR count). The first-order valence-electron chi connectivity index (χ1n) is 7.03. The van der Waals surface area contributed by atoms with Crippen LogP contribution in [0.15, 0.2) is 18.2 Å². The van der Waals surface area contributed by atoms with Gasteiger partial charge >= 0.3 is 0 Å². The fraction of sp³-hybridized carbons (Fsp3) is 0.500. The Kier molecular flexibility index (Phi) is 3.61. The van der Waals surface area contributed by atoms with Crippen molar-refractivity contribution in [2.45, 2.75) is 38.6 Å². The van der Waals surface area contributed by atoms with Crippen molar-refractivity contribution in [2.75, 3.05) is 5.73 Å². The van der Waals surface area contributed by atoms with E-state index in [1.165, 1.54) is 12.8 Å². The van der Waals surface area contributed by atoms with Crippen LogP contribution in [0.2, 0.25) is 5.02 Å². The van der Waals surface area contributed by atoms with Gasteiger partial charge in [-0.3, -0.25) is 0 Å². The summed E-state index contributed by atoms with van der Waals surface area (Å²) in [5.41, 5.74) is 7.39. The number of nitrogens with two attached hydrogens (primary N) is 1. The minimum atomic E-state index is 0.325. The van der Waals surface area contributed by atoms with Gasteiger partial charge in [-0.1, -0.05) is 37.4 Å². The molecule has 2 N–H and O–H groups in total. The summed E-state index contributed by atoms with van der Waals surface area (Å²) in [4.78, 5) is 0. The van der Waals surface area contributed by atoms with Gasteiger partial charge in [-0.15, -0.1) is 5.10 Å². The highest BCUT2D eigenvalue weighted by Crippen LogP contribution is 2.39. The molecular formula is C14H18ClN5. The highest BCUT2D eigenvalue weighted by Gasteiger charge is 2.28. The molecule has 1 atom stereocenters. The van der Waals surface area contributed by atoms with Gasteiger partial charge < -0.3 is 5.73 Å². The summed E-state index contributed by atoms with van der Waals surface area (Å²) in [7, 11) is 0. The molecule has 5 nitrogen and oxygen atoms in total. The molecule has 1 aromatic carbocycles. The molecule has 1 saturated carbocycles. The number of tetrazole rings is 1. The van der Waals surface area contributed by atoms with Crippen LogP contribution in [0.25, 0.3) is 11.4 Å². The lowest BCUT2D eigenvalue weighted by Crippen LogP contribution is -2.13. The molecule has 2 aromatic rings. The van der Waals surface area contributed by atoms with Crippen molar-refractivity contribution < 1.29 is 0 Å². The molecule has 1 aliphatic rings. The van der Waals surface area contributed by atoms with Crippen LogP contribution in [0.5, 0.6) is 0 Å². The Bertz CT molecular complexity index is 605. The zero-order chi connectivity index (χ0) is 14.1. The predicted molar refractivity (Wildman–Crippen MR) is 79.3 cm³/mol. The molecule has 0 bridgehead atoms. The number of hydrogen-bond donors (Lipinski definition) is 1. The number of benzene rings is 1. The topological polar surface area (TPSA) is 69.6 Å². The van der Waals surface area contributed by atoms with E-state index >= 15 is 0 Å². The normalized spacial score (nSPS) is 16.3. The molecule has 0 amide bonds. The van der Waals surface area contributed by atoms with Gasteiger partial charge in [-0.05, 0) is 41.3 Å². The molecule has 106 valence electrons. The summed E-state index contributed by atoms with van der Waals surface area (Å²) in [6.45, 7) is 2.17. The third-order valence-corrected chi connectivity index (χ3v) is 4.24. The molecule has 1 fully saturated rings. The minimum absolute atomic E-state index is 0.325. The van der Waals surface area contributed by atoms with E-state index in [9.17, 15) is 0 Å². The zero-order valence-electron chi connectivity index (χ0n) is 11.5. The second-order valence-electron chi connectivity index (χ2n) is 5.39. The van der Waals surface area contributed by atoms with E-state index in [1.54, 1.807) is 6.07 Å². The number of rotatable bonds is 5. The number of anilines is 1. The maximum Gasteiger partial charge on any atom is 0.184 e. The first-order valence-corrected chi connectivity index (χ1v) is 7.40. The van der Waals surface area contributed by atoms with Gasteiger partial charge in [0.15, 0.2) is 5.82 Å². The van der Waals surface area contributed by atoms with Gasteiger partial charge in [0.25, 0.3) is 0 Å². The van der Waals surface area contributed by atoms with E-state index in [-0.39, 0.29) is 0 Å². The third-order valence-electron chi connectivity index (χ3n) is 3.91. The summed E-state index contributed by atoms with van der Waals surface area (Å²) in [5, 5.41) is 12.7. The number of nitrogens with zero attached hydrogens (tertiary/aromatic N) is 4. The molecular weight excluding hydrogens is 274 g/mol. The van der Waals surface area contributed by atoms with Crippen molar-refractivity contribution in [3.8, 4) is 11.4 Å². The monoisotopic (exact) mass is 291 g/mol. The van der Waals surface area contributed by atoms with Crippen LogP contribution in [-0.4, -0.2) is 20.2 Å². The lowest BCUT2D eigenvalue weighted by Gasteiger charge is -2.17. The SMILES string of the molecule is CCC(CC1CC1)n1nnnc1-c1cccc(Cl)c1N. The first-order chi connectivity index (χ1) is 9.70. The van der Waals surface area contributed by atoms with Crippen molar-refractivity contribution >= 4 is 17.3 Å².